The van der Waals surface area contributed by atoms with Crippen molar-refractivity contribution in [2.75, 3.05) is 0 Å². The number of aryl methyl sites for hydroxylation is 1. The van der Waals surface area contributed by atoms with Gasteiger partial charge in [0.15, 0.2) is 0 Å². The number of hydrogen-bond acceptors (Lipinski definition) is 3. The van der Waals surface area contributed by atoms with Crippen LogP contribution in [0.15, 0.2) is 17.3 Å². The average molecular weight is 192 g/mol. The molecule has 2 N–H and O–H groups in total. The van der Waals surface area contributed by atoms with E-state index in [0.29, 0.717) is 17.4 Å². The van der Waals surface area contributed by atoms with Crippen molar-refractivity contribution in [1.29, 1.82) is 0 Å². The summed E-state index contributed by atoms with van der Waals surface area (Å²) in [6.07, 6.45) is 1.68. The van der Waals surface area contributed by atoms with Crippen LogP contribution in [-0.2, 0) is 0 Å². The van der Waals surface area contributed by atoms with Gasteiger partial charge < -0.3 is 5.73 Å². The largest absolute Gasteiger partial charge is 0.382 e. The van der Waals surface area contributed by atoms with Gasteiger partial charge in [0.05, 0.1) is 5.54 Å². The number of amidine groups is 1. The Balaban J connectivity index is 3.01. The normalized spacial score (nSPS) is 13.0. The number of hydrogen-bond donors (Lipinski definition) is 1. The predicted octanol–water partition coefficient (Wildman–Crippen LogP) is 1.29. The third-order valence-corrected chi connectivity index (χ3v) is 1.49. The van der Waals surface area contributed by atoms with E-state index < -0.39 is 0 Å². The molecule has 0 aliphatic rings. The Bertz CT molecular complexity index is 349. The van der Waals surface area contributed by atoms with Crippen molar-refractivity contribution >= 4 is 5.84 Å². The molecule has 4 nitrogen and oxygen atoms in total. The molecule has 0 aliphatic carbocycles. The molecule has 1 aromatic heterocycles. The Morgan fingerprint density at radius 3 is 2.57 bits per heavy atom. The van der Waals surface area contributed by atoms with Crippen LogP contribution in [0.2, 0.25) is 0 Å². The van der Waals surface area contributed by atoms with E-state index in [2.05, 4.69) is 15.0 Å². The molecule has 0 amide bonds. The van der Waals surface area contributed by atoms with Crippen molar-refractivity contribution < 1.29 is 0 Å². The van der Waals surface area contributed by atoms with Crippen LogP contribution in [0.1, 0.15) is 32.3 Å². The lowest BCUT2D eigenvalue weighted by Crippen LogP contribution is -2.22. The fraction of sp³-hybridized carbons (Fsp3) is 0.500. The van der Waals surface area contributed by atoms with Crippen molar-refractivity contribution in [3.8, 4) is 0 Å². The number of aliphatic imine (C=N–C) groups is 1. The van der Waals surface area contributed by atoms with Crippen molar-refractivity contribution in [2.45, 2.75) is 33.2 Å². The molecule has 76 valence electrons. The molecule has 0 aliphatic heterocycles. The summed E-state index contributed by atoms with van der Waals surface area (Å²) in [7, 11) is 0. The second-order valence-corrected chi connectivity index (χ2v) is 4.16. The first-order valence-corrected chi connectivity index (χ1v) is 4.54. The second kappa shape index (κ2) is 3.74. The van der Waals surface area contributed by atoms with Gasteiger partial charge in [-0.2, -0.15) is 0 Å². The average Bonchev–Trinajstić information content (AvgIpc) is 2.01. The maximum atomic E-state index is 5.81. The molecule has 1 heterocycles. The summed E-state index contributed by atoms with van der Waals surface area (Å²) in [5.41, 5.74) is 6.32. The Labute approximate surface area is 84.3 Å². The Hall–Kier alpha value is -1.45. The van der Waals surface area contributed by atoms with Gasteiger partial charge in [-0.15, -0.1) is 0 Å². The molecule has 0 saturated carbocycles. The van der Waals surface area contributed by atoms with E-state index in [-0.39, 0.29) is 5.54 Å². The first-order chi connectivity index (χ1) is 6.38. The molecule has 0 fully saturated rings. The molecule has 0 bridgehead atoms. The number of nitrogens with two attached hydrogens (primary N) is 1. The van der Waals surface area contributed by atoms with E-state index in [0.717, 1.165) is 0 Å². The van der Waals surface area contributed by atoms with Crippen molar-refractivity contribution in [1.82, 2.24) is 9.97 Å². The molecule has 0 saturated heterocycles. The van der Waals surface area contributed by atoms with Gasteiger partial charge in [-0.3, -0.25) is 4.99 Å². The van der Waals surface area contributed by atoms with Crippen LogP contribution in [0.4, 0.5) is 0 Å². The van der Waals surface area contributed by atoms with Gasteiger partial charge >= 0.3 is 0 Å². The van der Waals surface area contributed by atoms with E-state index >= 15 is 0 Å². The monoisotopic (exact) mass is 192 g/mol. The smallest absolute Gasteiger partial charge is 0.145 e. The van der Waals surface area contributed by atoms with Crippen LogP contribution in [0.5, 0.6) is 0 Å². The van der Waals surface area contributed by atoms with Crippen LogP contribution in [0, 0.1) is 6.92 Å². The topological polar surface area (TPSA) is 64.2 Å². The van der Waals surface area contributed by atoms with E-state index in [1.165, 1.54) is 0 Å². The molecule has 0 spiro atoms. The summed E-state index contributed by atoms with van der Waals surface area (Å²) >= 11 is 0. The minimum absolute atomic E-state index is 0.178. The van der Waals surface area contributed by atoms with Crippen LogP contribution >= 0.6 is 0 Å². The lowest BCUT2D eigenvalue weighted by Gasteiger charge is -2.13. The predicted molar refractivity (Wildman–Crippen MR) is 57.2 cm³/mol. The maximum Gasteiger partial charge on any atom is 0.145 e. The Kier molecular flexibility index (Phi) is 2.84. The molecule has 0 radical (unpaired) electrons. The summed E-state index contributed by atoms with van der Waals surface area (Å²) < 4.78 is 0. The molecular weight excluding hydrogens is 176 g/mol. The SMILES string of the molecule is Cc1nccc(C(N)=NC(C)(C)C)n1. The summed E-state index contributed by atoms with van der Waals surface area (Å²) in [4.78, 5) is 12.5. The molecule has 4 heteroatoms. The summed E-state index contributed by atoms with van der Waals surface area (Å²) in [5.74, 6) is 1.16. The molecule has 1 rings (SSSR count). The quantitative estimate of drug-likeness (QED) is 0.538. The van der Waals surface area contributed by atoms with Gasteiger partial charge in [-0.1, -0.05) is 0 Å². The van der Waals surface area contributed by atoms with Gasteiger partial charge in [0, 0.05) is 6.20 Å². The third-order valence-electron chi connectivity index (χ3n) is 1.49. The van der Waals surface area contributed by atoms with Crippen LogP contribution in [-0.4, -0.2) is 21.3 Å². The zero-order chi connectivity index (χ0) is 10.8. The van der Waals surface area contributed by atoms with Gasteiger partial charge in [0.1, 0.15) is 17.4 Å². The van der Waals surface area contributed by atoms with Crippen LogP contribution in [0.3, 0.4) is 0 Å². The van der Waals surface area contributed by atoms with E-state index in [1.54, 1.807) is 12.3 Å². The molecule has 0 aromatic carbocycles. The minimum atomic E-state index is -0.178. The van der Waals surface area contributed by atoms with Gasteiger partial charge in [-0.05, 0) is 33.8 Å². The van der Waals surface area contributed by atoms with E-state index in [4.69, 9.17) is 5.73 Å². The zero-order valence-corrected chi connectivity index (χ0v) is 9.07. The highest BCUT2D eigenvalue weighted by Crippen LogP contribution is 2.07. The fourth-order valence-corrected chi connectivity index (χ4v) is 1.02. The van der Waals surface area contributed by atoms with Crippen molar-refractivity contribution in [3.63, 3.8) is 0 Å². The fourth-order valence-electron chi connectivity index (χ4n) is 1.02. The molecular formula is C10H16N4. The molecule has 1 aromatic rings. The zero-order valence-electron chi connectivity index (χ0n) is 9.07. The van der Waals surface area contributed by atoms with E-state index in [1.807, 2.05) is 27.7 Å². The summed E-state index contributed by atoms with van der Waals surface area (Å²) in [5, 5.41) is 0. The Morgan fingerprint density at radius 2 is 2.07 bits per heavy atom. The molecule has 0 atom stereocenters. The second-order valence-electron chi connectivity index (χ2n) is 4.16. The van der Waals surface area contributed by atoms with Crippen molar-refractivity contribution in [2.24, 2.45) is 10.7 Å². The summed E-state index contributed by atoms with van der Waals surface area (Å²) in [6.45, 7) is 7.81. The first kappa shape index (κ1) is 10.6. The van der Waals surface area contributed by atoms with E-state index in [9.17, 15) is 0 Å². The Morgan fingerprint density at radius 1 is 1.43 bits per heavy atom. The number of nitrogens with zero attached hydrogens (tertiary/aromatic N) is 3. The molecule has 0 unspecified atom stereocenters. The molecule has 14 heavy (non-hydrogen) atoms. The highest BCUT2D eigenvalue weighted by Gasteiger charge is 2.09. The van der Waals surface area contributed by atoms with Gasteiger partial charge in [-0.25, -0.2) is 9.97 Å². The van der Waals surface area contributed by atoms with Gasteiger partial charge in [0.25, 0.3) is 0 Å². The summed E-state index contributed by atoms with van der Waals surface area (Å²) in [6, 6.07) is 1.76. The standard InChI is InChI=1S/C10H16N4/c1-7-12-6-5-8(13-7)9(11)14-10(2,3)4/h5-6H,1-4H3,(H2,11,14). The lowest BCUT2D eigenvalue weighted by atomic mass is 10.1. The highest BCUT2D eigenvalue weighted by molar-refractivity contribution is 5.95. The lowest BCUT2D eigenvalue weighted by molar-refractivity contribution is 0.583. The number of rotatable bonds is 1. The minimum Gasteiger partial charge on any atom is -0.382 e. The van der Waals surface area contributed by atoms with Crippen LogP contribution in [0.25, 0.3) is 0 Å². The van der Waals surface area contributed by atoms with Crippen molar-refractivity contribution in [3.05, 3.63) is 23.8 Å². The van der Waals surface area contributed by atoms with Crippen LogP contribution < -0.4 is 5.73 Å². The third kappa shape index (κ3) is 3.12. The maximum absolute atomic E-state index is 5.81. The van der Waals surface area contributed by atoms with Gasteiger partial charge in [0.2, 0.25) is 0 Å². The number of aromatic nitrogens is 2. The highest BCUT2D eigenvalue weighted by atomic mass is 15.0. The first-order valence-electron chi connectivity index (χ1n) is 4.54.